The van der Waals surface area contributed by atoms with Gasteiger partial charge in [0.25, 0.3) is 11.8 Å². The van der Waals surface area contributed by atoms with Crippen LogP contribution < -0.4 is 15.6 Å². The summed E-state index contributed by atoms with van der Waals surface area (Å²) in [6.45, 7) is 3.67. The second-order valence-electron chi connectivity index (χ2n) is 5.20. The largest absolute Gasteiger partial charge is 0.484 e. The van der Waals surface area contributed by atoms with Gasteiger partial charge in [-0.1, -0.05) is 22.0 Å². The summed E-state index contributed by atoms with van der Waals surface area (Å²) in [5, 5.41) is 0. The number of hydrazine groups is 1. The van der Waals surface area contributed by atoms with Gasteiger partial charge in [0.15, 0.2) is 6.61 Å². The molecular formula is C17H16BrFN2O3. The second-order valence-corrected chi connectivity index (χ2v) is 6.11. The Balaban J connectivity index is 1.84. The van der Waals surface area contributed by atoms with Crippen molar-refractivity contribution in [3.05, 3.63) is 63.4 Å². The van der Waals surface area contributed by atoms with E-state index in [1.807, 2.05) is 26.0 Å². The van der Waals surface area contributed by atoms with Gasteiger partial charge < -0.3 is 4.74 Å². The normalized spacial score (nSPS) is 10.2. The molecule has 0 aliphatic carbocycles. The van der Waals surface area contributed by atoms with Crippen LogP contribution in [-0.2, 0) is 4.79 Å². The molecule has 0 bridgehead atoms. The molecule has 0 saturated carbocycles. The summed E-state index contributed by atoms with van der Waals surface area (Å²) >= 11 is 3.10. The highest BCUT2D eigenvalue weighted by molar-refractivity contribution is 9.10. The van der Waals surface area contributed by atoms with Gasteiger partial charge in [0.2, 0.25) is 0 Å². The van der Waals surface area contributed by atoms with E-state index in [1.54, 1.807) is 6.07 Å². The minimum atomic E-state index is -0.630. The Kier molecular flexibility index (Phi) is 5.92. The van der Waals surface area contributed by atoms with Gasteiger partial charge in [0.05, 0.1) is 0 Å². The van der Waals surface area contributed by atoms with Crippen LogP contribution in [0.1, 0.15) is 21.5 Å². The zero-order valence-electron chi connectivity index (χ0n) is 13.2. The average Bonchev–Trinajstić information content (AvgIpc) is 2.52. The third-order valence-electron chi connectivity index (χ3n) is 3.29. The highest BCUT2D eigenvalue weighted by Gasteiger charge is 2.10. The Morgan fingerprint density at radius 1 is 1.08 bits per heavy atom. The zero-order valence-corrected chi connectivity index (χ0v) is 14.7. The summed E-state index contributed by atoms with van der Waals surface area (Å²) in [5.74, 6) is -1.15. The first kappa shape index (κ1) is 17.9. The number of halogens is 2. The molecule has 0 heterocycles. The number of carbonyl (C=O) groups excluding carboxylic acids is 2. The lowest BCUT2D eigenvalue weighted by molar-refractivity contribution is -0.123. The van der Waals surface area contributed by atoms with Crippen molar-refractivity contribution in [1.29, 1.82) is 0 Å². The van der Waals surface area contributed by atoms with Gasteiger partial charge in [-0.25, -0.2) is 4.39 Å². The highest BCUT2D eigenvalue weighted by Crippen LogP contribution is 2.16. The highest BCUT2D eigenvalue weighted by atomic mass is 79.9. The number of amides is 2. The molecule has 0 aliphatic rings. The van der Waals surface area contributed by atoms with Gasteiger partial charge in [0.1, 0.15) is 11.6 Å². The molecule has 2 aromatic carbocycles. The third-order valence-corrected chi connectivity index (χ3v) is 3.75. The van der Waals surface area contributed by atoms with Crippen molar-refractivity contribution in [2.75, 3.05) is 6.61 Å². The molecule has 2 amide bonds. The van der Waals surface area contributed by atoms with Crippen LogP contribution in [0.25, 0.3) is 0 Å². The van der Waals surface area contributed by atoms with Crippen LogP contribution in [0.15, 0.2) is 40.9 Å². The lowest BCUT2D eigenvalue weighted by Gasteiger charge is -2.10. The van der Waals surface area contributed by atoms with Gasteiger partial charge in [-0.2, -0.15) is 0 Å². The molecule has 0 radical (unpaired) electrons. The molecule has 2 aromatic rings. The van der Waals surface area contributed by atoms with Crippen molar-refractivity contribution in [3.63, 3.8) is 0 Å². The molecule has 0 aromatic heterocycles. The number of hydrogen-bond donors (Lipinski definition) is 2. The van der Waals surface area contributed by atoms with E-state index in [0.717, 1.165) is 17.2 Å². The predicted molar refractivity (Wildman–Crippen MR) is 91.1 cm³/mol. The number of rotatable bonds is 4. The molecule has 0 fully saturated rings. The molecule has 0 aliphatic heterocycles. The Bertz CT molecular complexity index is 760. The Hall–Kier alpha value is -2.41. The average molecular weight is 395 g/mol. The Morgan fingerprint density at radius 3 is 2.50 bits per heavy atom. The van der Waals surface area contributed by atoms with Crippen LogP contribution in [0.3, 0.4) is 0 Å². The number of ether oxygens (including phenoxy) is 1. The first-order valence-electron chi connectivity index (χ1n) is 7.10. The minimum absolute atomic E-state index is 0.0808. The smallest absolute Gasteiger partial charge is 0.276 e. The van der Waals surface area contributed by atoms with Crippen molar-refractivity contribution in [1.82, 2.24) is 10.9 Å². The van der Waals surface area contributed by atoms with E-state index in [1.165, 1.54) is 12.1 Å². The van der Waals surface area contributed by atoms with Gasteiger partial charge >= 0.3 is 0 Å². The van der Waals surface area contributed by atoms with Gasteiger partial charge in [-0.3, -0.25) is 20.4 Å². The van der Waals surface area contributed by atoms with E-state index in [9.17, 15) is 14.0 Å². The van der Waals surface area contributed by atoms with Crippen molar-refractivity contribution in [3.8, 4) is 5.75 Å². The summed E-state index contributed by atoms with van der Waals surface area (Å²) in [5.41, 5.74) is 6.68. The summed E-state index contributed by atoms with van der Waals surface area (Å²) in [4.78, 5) is 23.6. The number of benzene rings is 2. The van der Waals surface area contributed by atoms with Crippen molar-refractivity contribution in [2.45, 2.75) is 13.8 Å². The van der Waals surface area contributed by atoms with E-state index in [0.29, 0.717) is 10.2 Å². The first-order chi connectivity index (χ1) is 11.3. The molecule has 0 atom stereocenters. The molecule has 2 rings (SSSR count). The van der Waals surface area contributed by atoms with Crippen LogP contribution in [0.2, 0.25) is 0 Å². The summed E-state index contributed by atoms with van der Waals surface area (Å²) in [6, 6.07) is 9.22. The quantitative estimate of drug-likeness (QED) is 0.783. The summed E-state index contributed by atoms with van der Waals surface area (Å²) < 4.78 is 19.0. The summed E-state index contributed by atoms with van der Waals surface area (Å²) in [7, 11) is 0. The van der Waals surface area contributed by atoms with Gasteiger partial charge in [0, 0.05) is 10.0 Å². The monoisotopic (exact) mass is 394 g/mol. The molecular weight excluding hydrogens is 379 g/mol. The molecule has 0 saturated heterocycles. The maximum Gasteiger partial charge on any atom is 0.276 e. The van der Waals surface area contributed by atoms with E-state index >= 15 is 0 Å². The topological polar surface area (TPSA) is 67.4 Å². The van der Waals surface area contributed by atoms with E-state index in [4.69, 9.17) is 4.74 Å². The van der Waals surface area contributed by atoms with Crippen molar-refractivity contribution in [2.24, 2.45) is 0 Å². The van der Waals surface area contributed by atoms with Crippen LogP contribution in [0.5, 0.6) is 5.75 Å². The minimum Gasteiger partial charge on any atom is -0.484 e. The van der Waals surface area contributed by atoms with Gasteiger partial charge in [-0.05, 0) is 55.3 Å². The Labute approximate surface area is 147 Å². The molecule has 0 spiro atoms. The molecule has 7 heteroatoms. The summed E-state index contributed by atoms with van der Waals surface area (Å²) in [6.07, 6.45) is 0. The standard InChI is InChI=1S/C17H16BrFN2O3/c1-10-3-4-15(5-11(10)2)24-9-16(22)20-21-17(23)12-6-13(18)8-14(19)7-12/h3-8H,9H2,1-2H3,(H,20,22)(H,21,23). The van der Waals surface area contributed by atoms with Crippen LogP contribution >= 0.6 is 15.9 Å². The molecule has 2 N–H and O–H groups in total. The fourth-order valence-electron chi connectivity index (χ4n) is 1.87. The molecule has 24 heavy (non-hydrogen) atoms. The van der Waals surface area contributed by atoms with Gasteiger partial charge in [-0.15, -0.1) is 0 Å². The second kappa shape index (κ2) is 7.92. The maximum absolute atomic E-state index is 13.2. The maximum atomic E-state index is 13.2. The molecule has 5 nitrogen and oxygen atoms in total. The van der Waals surface area contributed by atoms with E-state index in [-0.39, 0.29) is 12.2 Å². The van der Waals surface area contributed by atoms with E-state index < -0.39 is 17.6 Å². The van der Waals surface area contributed by atoms with Crippen LogP contribution in [-0.4, -0.2) is 18.4 Å². The molecule has 126 valence electrons. The zero-order chi connectivity index (χ0) is 17.7. The fourth-order valence-corrected chi connectivity index (χ4v) is 2.34. The lowest BCUT2D eigenvalue weighted by Crippen LogP contribution is -2.43. The first-order valence-corrected chi connectivity index (χ1v) is 7.90. The van der Waals surface area contributed by atoms with E-state index in [2.05, 4.69) is 26.8 Å². The third kappa shape index (κ3) is 5.06. The Morgan fingerprint density at radius 2 is 1.83 bits per heavy atom. The SMILES string of the molecule is Cc1ccc(OCC(=O)NNC(=O)c2cc(F)cc(Br)c2)cc1C. The number of aryl methyl sites for hydroxylation is 2. The van der Waals surface area contributed by atoms with Crippen molar-refractivity contribution >= 4 is 27.7 Å². The van der Waals surface area contributed by atoms with Crippen LogP contribution in [0, 0.1) is 19.7 Å². The van der Waals surface area contributed by atoms with Crippen LogP contribution in [0.4, 0.5) is 4.39 Å². The fraction of sp³-hybridized carbons (Fsp3) is 0.176. The number of hydrogen-bond acceptors (Lipinski definition) is 3. The molecule has 0 unspecified atom stereocenters. The predicted octanol–water partition coefficient (Wildman–Crippen LogP) is 3.05. The van der Waals surface area contributed by atoms with Crippen molar-refractivity contribution < 1.29 is 18.7 Å². The number of carbonyl (C=O) groups is 2. The number of nitrogens with one attached hydrogen (secondary N) is 2. The lowest BCUT2D eigenvalue weighted by atomic mass is 10.1.